The highest BCUT2D eigenvalue weighted by molar-refractivity contribution is 5.93. The molecule has 25 heavy (non-hydrogen) atoms. The van der Waals surface area contributed by atoms with Gasteiger partial charge in [-0.25, -0.2) is 9.97 Å². The average Bonchev–Trinajstić information content (AvgIpc) is 2.68. The maximum Gasteiger partial charge on any atom is 0.272 e. The molecule has 1 aliphatic rings. The first-order valence-electron chi connectivity index (χ1n) is 7.89. The molecule has 1 aromatic carbocycles. The van der Waals surface area contributed by atoms with Crippen LogP contribution in [0.5, 0.6) is 11.5 Å². The number of hydrogen-bond donors (Lipinski definition) is 1. The Bertz CT molecular complexity index is 747. The normalized spacial score (nSPS) is 14.1. The second-order valence-corrected chi connectivity index (χ2v) is 5.39. The van der Waals surface area contributed by atoms with E-state index in [1.807, 2.05) is 6.07 Å². The number of ether oxygens (including phenoxy) is 3. The molecule has 0 radical (unpaired) electrons. The van der Waals surface area contributed by atoms with Crippen molar-refractivity contribution in [1.29, 1.82) is 0 Å². The minimum Gasteiger partial charge on any atom is -0.493 e. The Kier molecular flexibility index (Phi) is 5.30. The van der Waals surface area contributed by atoms with Gasteiger partial charge in [-0.3, -0.25) is 4.79 Å². The van der Waals surface area contributed by atoms with Crippen LogP contribution in [0.3, 0.4) is 0 Å². The number of aromatic nitrogens is 2. The van der Waals surface area contributed by atoms with Crippen LogP contribution in [0.4, 0.5) is 11.5 Å². The monoisotopic (exact) mass is 344 g/mol. The number of methoxy groups -OCH3 is 2. The summed E-state index contributed by atoms with van der Waals surface area (Å²) in [6.07, 6.45) is 1.37. The number of anilines is 2. The standard InChI is InChI=1S/C17H20N4O4/c1-23-14-4-3-12(9-15(14)24-2)20-16-10-13(18-11-19-16)17(22)21-5-7-25-8-6-21/h3-4,9-11H,5-8H2,1-2H3,(H,18,19,20). The number of morpholine rings is 1. The highest BCUT2D eigenvalue weighted by atomic mass is 16.5. The minimum absolute atomic E-state index is 0.124. The van der Waals surface area contributed by atoms with Crippen LogP contribution in [0.1, 0.15) is 10.5 Å². The van der Waals surface area contributed by atoms with Crippen molar-refractivity contribution >= 4 is 17.4 Å². The van der Waals surface area contributed by atoms with Gasteiger partial charge in [-0.2, -0.15) is 0 Å². The van der Waals surface area contributed by atoms with Crippen LogP contribution in [0, 0.1) is 0 Å². The van der Waals surface area contributed by atoms with Crippen molar-refractivity contribution in [2.24, 2.45) is 0 Å². The van der Waals surface area contributed by atoms with Gasteiger partial charge in [-0.15, -0.1) is 0 Å². The van der Waals surface area contributed by atoms with Crippen molar-refractivity contribution in [3.63, 3.8) is 0 Å². The zero-order valence-corrected chi connectivity index (χ0v) is 14.2. The third-order valence-electron chi connectivity index (χ3n) is 3.84. The summed E-state index contributed by atoms with van der Waals surface area (Å²) in [5.41, 5.74) is 1.11. The number of amides is 1. The summed E-state index contributed by atoms with van der Waals surface area (Å²) in [5, 5.41) is 3.15. The summed E-state index contributed by atoms with van der Waals surface area (Å²) < 4.78 is 15.8. The largest absolute Gasteiger partial charge is 0.493 e. The molecule has 0 spiro atoms. The van der Waals surface area contributed by atoms with Gasteiger partial charge >= 0.3 is 0 Å². The van der Waals surface area contributed by atoms with E-state index in [2.05, 4.69) is 15.3 Å². The number of carbonyl (C=O) groups is 1. The van der Waals surface area contributed by atoms with Gasteiger partial charge in [-0.1, -0.05) is 0 Å². The minimum atomic E-state index is -0.124. The molecule has 3 rings (SSSR count). The first-order valence-corrected chi connectivity index (χ1v) is 7.89. The molecule has 1 N–H and O–H groups in total. The van der Waals surface area contributed by atoms with Gasteiger partial charge in [-0.05, 0) is 12.1 Å². The molecule has 0 unspecified atom stereocenters. The third-order valence-corrected chi connectivity index (χ3v) is 3.84. The van der Waals surface area contributed by atoms with Crippen molar-refractivity contribution in [2.75, 3.05) is 45.8 Å². The van der Waals surface area contributed by atoms with Gasteiger partial charge in [0, 0.05) is 30.9 Å². The fourth-order valence-corrected chi connectivity index (χ4v) is 2.53. The zero-order chi connectivity index (χ0) is 17.6. The van der Waals surface area contributed by atoms with Crippen LogP contribution in [-0.2, 0) is 4.74 Å². The van der Waals surface area contributed by atoms with Crippen molar-refractivity contribution in [2.45, 2.75) is 0 Å². The van der Waals surface area contributed by atoms with E-state index >= 15 is 0 Å². The molecule has 0 saturated carbocycles. The maximum atomic E-state index is 12.5. The number of nitrogens with zero attached hydrogens (tertiary/aromatic N) is 3. The average molecular weight is 344 g/mol. The molecular weight excluding hydrogens is 324 g/mol. The summed E-state index contributed by atoms with van der Waals surface area (Å²) in [6.45, 7) is 2.24. The van der Waals surface area contributed by atoms with E-state index in [-0.39, 0.29) is 5.91 Å². The van der Waals surface area contributed by atoms with Gasteiger partial charge in [0.15, 0.2) is 11.5 Å². The van der Waals surface area contributed by atoms with Crippen LogP contribution >= 0.6 is 0 Å². The van der Waals surface area contributed by atoms with E-state index < -0.39 is 0 Å². The summed E-state index contributed by atoms with van der Waals surface area (Å²) in [7, 11) is 3.16. The van der Waals surface area contributed by atoms with Gasteiger partial charge < -0.3 is 24.4 Å². The number of carbonyl (C=O) groups excluding carboxylic acids is 1. The number of benzene rings is 1. The topological polar surface area (TPSA) is 85.8 Å². The Morgan fingerprint density at radius 3 is 2.60 bits per heavy atom. The fraction of sp³-hybridized carbons (Fsp3) is 0.353. The van der Waals surface area contributed by atoms with Crippen LogP contribution in [0.25, 0.3) is 0 Å². The van der Waals surface area contributed by atoms with Crippen molar-refractivity contribution in [3.05, 3.63) is 36.3 Å². The smallest absolute Gasteiger partial charge is 0.272 e. The molecule has 1 aliphatic heterocycles. The Labute approximate surface area is 145 Å². The Hall–Kier alpha value is -2.87. The SMILES string of the molecule is COc1ccc(Nc2cc(C(=O)N3CCOCC3)ncn2)cc1OC. The molecule has 2 heterocycles. The van der Waals surface area contributed by atoms with Crippen molar-refractivity contribution in [1.82, 2.24) is 14.9 Å². The van der Waals surface area contributed by atoms with Crippen molar-refractivity contribution < 1.29 is 19.0 Å². The summed E-state index contributed by atoms with van der Waals surface area (Å²) in [6, 6.07) is 7.06. The van der Waals surface area contributed by atoms with Crippen LogP contribution < -0.4 is 14.8 Å². The van der Waals surface area contributed by atoms with Crippen molar-refractivity contribution in [3.8, 4) is 11.5 Å². The van der Waals surface area contributed by atoms with E-state index in [9.17, 15) is 4.79 Å². The lowest BCUT2D eigenvalue weighted by Gasteiger charge is -2.26. The van der Waals surface area contributed by atoms with E-state index in [0.29, 0.717) is 49.3 Å². The lowest BCUT2D eigenvalue weighted by atomic mass is 10.2. The number of nitrogens with one attached hydrogen (secondary N) is 1. The maximum absolute atomic E-state index is 12.5. The fourth-order valence-electron chi connectivity index (χ4n) is 2.53. The molecule has 1 saturated heterocycles. The van der Waals surface area contributed by atoms with Crippen LogP contribution in [0.15, 0.2) is 30.6 Å². The Balaban J connectivity index is 1.76. The summed E-state index contributed by atoms with van der Waals surface area (Å²) >= 11 is 0. The van der Waals surface area contributed by atoms with E-state index in [1.165, 1.54) is 6.33 Å². The molecule has 0 aliphatic carbocycles. The summed E-state index contributed by atoms with van der Waals surface area (Å²) in [4.78, 5) is 22.5. The molecular formula is C17H20N4O4. The highest BCUT2D eigenvalue weighted by Crippen LogP contribution is 2.30. The number of hydrogen-bond acceptors (Lipinski definition) is 7. The third kappa shape index (κ3) is 3.97. The Morgan fingerprint density at radius 1 is 1.12 bits per heavy atom. The van der Waals surface area contributed by atoms with E-state index in [1.54, 1.807) is 37.3 Å². The Morgan fingerprint density at radius 2 is 1.88 bits per heavy atom. The highest BCUT2D eigenvalue weighted by Gasteiger charge is 2.20. The van der Waals surface area contributed by atoms with Gasteiger partial charge in [0.05, 0.1) is 27.4 Å². The molecule has 0 bridgehead atoms. The summed E-state index contributed by atoms with van der Waals surface area (Å²) in [5.74, 6) is 1.64. The predicted octanol–water partition coefficient (Wildman–Crippen LogP) is 1.71. The molecule has 1 fully saturated rings. The van der Waals surface area contributed by atoms with Gasteiger partial charge in [0.1, 0.15) is 17.8 Å². The molecule has 0 atom stereocenters. The lowest BCUT2D eigenvalue weighted by molar-refractivity contribution is 0.0299. The first kappa shape index (κ1) is 17.0. The number of rotatable bonds is 5. The van der Waals surface area contributed by atoms with E-state index in [0.717, 1.165) is 5.69 Å². The van der Waals surface area contributed by atoms with Gasteiger partial charge in [0.25, 0.3) is 5.91 Å². The quantitative estimate of drug-likeness (QED) is 0.883. The lowest BCUT2D eigenvalue weighted by Crippen LogP contribution is -2.41. The second-order valence-electron chi connectivity index (χ2n) is 5.39. The first-order chi connectivity index (χ1) is 12.2. The molecule has 1 aromatic heterocycles. The van der Waals surface area contributed by atoms with Gasteiger partial charge in [0.2, 0.25) is 0 Å². The zero-order valence-electron chi connectivity index (χ0n) is 14.2. The molecule has 1 amide bonds. The molecule has 132 valence electrons. The second kappa shape index (κ2) is 7.80. The predicted molar refractivity (Wildman–Crippen MR) is 91.6 cm³/mol. The molecule has 8 heteroatoms. The molecule has 8 nitrogen and oxygen atoms in total. The van der Waals surface area contributed by atoms with E-state index in [4.69, 9.17) is 14.2 Å². The van der Waals surface area contributed by atoms with Crippen LogP contribution in [-0.4, -0.2) is 61.3 Å². The molecule has 2 aromatic rings. The van der Waals surface area contributed by atoms with Crippen LogP contribution in [0.2, 0.25) is 0 Å².